The van der Waals surface area contributed by atoms with Gasteiger partial charge in [-0.15, -0.1) is 3.63 Å². The molecule has 0 amide bonds. The molecular formula is C39H33F9N6O11S3. The second-order valence-corrected chi connectivity index (χ2v) is 18.8. The highest BCUT2D eigenvalue weighted by molar-refractivity contribution is 8.00. The number of benzene rings is 2. The summed E-state index contributed by atoms with van der Waals surface area (Å²) in [5.41, 5.74) is -12.5. The lowest BCUT2D eigenvalue weighted by molar-refractivity contribution is -0.0586. The monoisotopic (exact) mass is 1030 g/mol. The Labute approximate surface area is 379 Å². The van der Waals surface area contributed by atoms with Crippen molar-refractivity contribution in [2.75, 3.05) is 62.4 Å². The molecule has 0 bridgehead atoms. The van der Waals surface area contributed by atoms with E-state index in [1.54, 1.807) is 36.5 Å². The summed E-state index contributed by atoms with van der Waals surface area (Å²) in [6, 6.07) is 25.3. The third kappa shape index (κ3) is 12.3. The van der Waals surface area contributed by atoms with Crippen LogP contribution in [0.1, 0.15) is 0 Å². The number of hydrogen-bond donors (Lipinski definition) is 1. The van der Waals surface area contributed by atoms with Crippen LogP contribution in [-0.4, -0.2) is 114 Å². The van der Waals surface area contributed by atoms with E-state index in [1.807, 2.05) is 34.0 Å². The van der Waals surface area contributed by atoms with Crippen molar-refractivity contribution in [2.24, 2.45) is 0 Å². The zero-order valence-electron chi connectivity index (χ0n) is 34.2. The summed E-state index contributed by atoms with van der Waals surface area (Å²) in [6.45, 7) is 6.14. The summed E-state index contributed by atoms with van der Waals surface area (Å²) in [6.07, 6.45) is 3.14. The Morgan fingerprint density at radius 2 is 0.985 bits per heavy atom. The smallest absolute Gasteiger partial charge is 0.378 e. The number of nitrogens with one attached hydrogen (secondary N) is 1. The SMILES string of the molecule is O=S(=O)(OS(=O)(=O)C(F)(F)F)C(F)(F)F.O=S(=O)(Oc1nc(-c2ccc(N3CCOCC3)cc2)cc2ncccc12)C(F)(F)F.O=c1[nH]c(-c2ccc(N3CCOCC3)cc2)cc2ncccc12. The summed E-state index contributed by atoms with van der Waals surface area (Å²) in [4.78, 5) is 32.0. The Kier molecular flexibility index (Phi) is 15.2. The number of ether oxygens (including phenoxy) is 2. The lowest BCUT2D eigenvalue weighted by Gasteiger charge is -2.28. The van der Waals surface area contributed by atoms with E-state index in [1.165, 1.54) is 24.0 Å². The van der Waals surface area contributed by atoms with Gasteiger partial charge in [0.1, 0.15) is 0 Å². The van der Waals surface area contributed by atoms with Crippen LogP contribution in [0, 0.1) is 0 Å². The van der Waals surface area contributed by atoms with E-state index < -0.39 is 52.8 Å². The average Bonchev–Trinajstić information content (AvgIpc) is 3.28. The van der Waals surface area contributed by atoms with E-state index in [2.05, 4.69) is 46.1 Å². The van der Waals surface area contributed by atoms with Crippen LogP contribution in [-0.2, 0) is 43.5 Å². The first-order chi connectivity index (χ1) is 31.8. The normalized spacial score (nSPS) is 15.2. The van der Waals surface area contributed by atoms with Crippen LogP contribution in [0.25, 0.3) is 44.3 Å². The molecule has 8 rings (SSSR count). The molecule has 2 aliphatic rings. The third-order valence-electron chi connectivity index (χ3n) is 9.49. The number of H-pyrrole nitrogens is 1. The fourth-order valence-electron chi connectivity index (χ4n) is 6.18. The van der Waals surface area contributed by atoms with Crippen LogP contribution in [0.4, 0.5) is 50.9 Å². The molecular weight excluding hydrogens is 996 g/mol. The predicted molar refractivity (Wildman–Crippen MR) is 225 cm³/mol. The second kappa shape index (κ2) is 20.2. The zero-order chi connectivity index (χ0) is 49.7. The van der Waals surface area contributed by atoms with Gasteiger partial charge in [-0.1, -0.05) is 24.3 Å². The van der Waals surface area contributed by atoms with E-state index in [-0.39, 0.29) is 22.2 Å². The summed E-state index contributed by atoms with van der Waals surface area (Å²) in [5.74, 6) is -0.676. The van der Waals surface area contributed by atoms with E-state index in [0.717, 1.165) is 56.3 Å². The van der Waals surface area contributed by atoms with E-state index >= 15 is 0 Å². The Morgan fingerprint density at radius 1 is 0.559 bits per heavy atom. The van der Waals surface area contributed by atoms with Gasteiger partial charge in [0.25, 0.3) is 5.56 Å². The number of halogens is 9. The molecule has 4 aromatic heterocycles. The van der Waals surface area contributed by atoms with Crippen molar-refractivity contribution in [3.05, 3.63) is 108 Å². The molecule has 0 unspecified atom stereocenters. The minimum atomic E-state index is -6.85. The Hall–Kier alpha value is -6.14. The van der Waals surface area contributed by atoms with Gasteiger partial charge in [0, 0.05) is 55.5 Å². The quantitative estimate of drug-likeness (QED) is 0.0979. The molecule has 68 heavy (non-hydrogen) atoms. The van der Waals surface area contributed by atoms with Crippen molar-refractivity contribution in [1.29, 1.82) is 0 Å². The lowest BCUT2D eigenvalue weighted by atomic mass is 10.1. The largest absolute Gasteiger partial charge is 0.534 e. The minimum absolute atomic E-state index is 0.0546. The molecule has 0 radical (unpaired) electrons. The third-order valence-corrected chi connectivity index (χ3v) is 13.0. The summed E-state index contributed by atoms with van der Waals surface area (Å²) >= 11 is 0. The maximum atomic E-state index is 12.8. The van der Waals surface area contributed by atoms with Gasteiger partial charge in [-0.2, -0.15) is 64.8 Å². The van der Waals surface area contributed by atoms with Gasteiger partial charge in [-0.3, -0.25) is 14.8 Å². The number of pyridine rings is 4. The highest BCUT2D eigenvalue weighted by Crippen LogP contribution is 2.34. The summed E-state index contributed by atoms with van der Waals surface area (Å²) in [7, 11) is -19.6. The molecule has 29 heteroatoms. The first-order valence-electron chi connectivity index (χ1n) is 19.2. The maximum absolute atomic E-state index is 12.8. The van der Waals surface area contributed by atoms with Gasteiger partial charge < -0.3 is 28.4 Å². The van der Waals surface area contributed by atoms with Gasteiger partial charge in [-0.25, -0.2) is 4.98 Å². The van der Waals surface area contributed by atoms with Crippen LogP contribution in [0.2, 0.25) is 0 Å². The number of fused-ring (bicyclic) bond motifs is 2. The molecule has 366 valence electrons. The molecule has 17 nitrogen and oxygen atoms in total. The van der Waals surface area contributed by atoms with Gasteiger partial charge >= 0.3 is 46.9 Å². The first-order valence-corrected chi connectivity index (χ1v) is 23.4. The Bertz CT molecular complexity index is 3090. The van der Waals surface area contributed by atoms with Gasteiger partial charge in [0.05, 0.1) is 59.6 Å². The molecule has 1 N–H and O–H groups in total. The van der Waals surface area contributed by atoms with Crippen molar-refractivity contribution < 1.29 is 82.1 Å². The van der Waals surface area contributed by atoms with Crippen molar-refractivity contribution in [3.8, 4) is 28.4 Å². The summed E-state index contributed by atoms with van der Waals surface area (Å²) in [5, 5.41) is 0.667. The standard InChI is InChI=1S/C19H16F3N3O4S.C18H17N3O2.C2F6O5S2/c20-19(21,22)30(26,27)29-18-15-2-1-7-23-17(15)12-16(24-18)13-3-5-14(6-4-13)25-8-10-28-11-9-25;22-18-15-2-1-7-19-17(15)12-16(20-18)13-3-5-14(6-4-13)21-8-10-23-11-9-21;3-1(4,5)14(9,10)13-15(11,12)2(6,7)8/h1-7,12H,8-11H2;1-7,12H,8-11H2,(H,20,22);. The number of aromatic nitrogens is 4. The van der Waals surface area contributed by atoms with Gasteiger partial charge in [0.2, 0.25) is 5.88 Å². The van der Waals surface area contributed by atoms with Crippen LogP contribution >= 0.6 is 0 Å². The Morgan fingerprint density at radius 3 is 1.44 bits per heavy atom. The molecule has 2 aromatic carbocycles. The molecule has 0 atom stereocenters. The fraction of sp³-hybridized carbons (Fsp3) is 0.282. The molecule has 2 aliphatic heterocycles. The number of rotatable bonds is 8. The topological polar surface area (TPSA) is 217 Å². The van der Waals surface area contributed by atoms with Crippen LogP contribution < -0.4 is 19.5 Å². The highest BCUT2D eigenvalue weighted by Gasteiger charge is 2.57. The molecule has 2 fully saturated rings. The first kappa shape index (κ1) is 51.3. The molecule has 2 saturated heterocycles. The molecule has 0 aliphatic carbocycles. The van der Waals surface area contributed by atoms with E-state index in [0.29, 0.717) is 29.7 Å². The lowest BCUT2D eigenvalue weighted by Crippen LogP contribution is -2.36. The molecule has 0 saturated carbocycles. The second-order valence-electron chi connectivity index (χ2n) is 14.0. The average molecular weight is 1030 g/mol. The van der Waals surface area contributed by atoms with Gasteiger partial charge in [0.15, 0.2) is 0 Å². The maximum Gasteiger partial charge on any atom is 0.534 e. The molecule has 0 spiro atoms. The van der Waals surface area contributed by atoms with Crippen LogP contribution in [0.5, 0.6) is 5.88 Å². The van der Waals surface area contributed by atoms with Crippen LogP contribution in [0.3, 0.4) is 0 Å². The predicted octanol–water partition coefficient (Wildman–Crippen LogP) is 6.49. The molecule has 6 heterocycles. The number of aromatic amines is 1. The zero-order valence-corrected chi connectivity index (χ0v) is 36.7. The number of anilines is 2. The van der Waals surface area contributed by atoms with Crippen LogP contribution in [0.15, 0.2) is 102 Å². The highest BCUT2D eigenvalue weighted by atomic mass is 32.3. The fourth-order valence-corrected chi connectivity index (χ4v) is 8.17. The minimum Gasteiger partial charge on any atom is -0.378 e. The van der Waals surface area contributed by atoms with E-state index in [9.17, 15) is 69.6 Å². The van der Waals surface area contributed by atoms with Gasteiger partial charge in [-0.05, 0) is 66.2 Å². The summed E-state index contributed by atoms with van der Waals surface area (Å²) < 4.78 is 186. The van der Waals surface area contributed by atoms with Crippen molar-refractivity contribution in [2.45, 2.75) is 16.5 Å². The van der Waals surface area contributed by atoms with E-state index in [4.69, 9.17) is 9.47 Å². The van der Waals surface area contributed by atoms with Crippen molar-refractivity contribution >= 4 is 63.5 Å². The number of nitrogens with zero attached hydrogens (tertiary/aromatic N) is 5. The van der Waals surface area contributed by atoms with Crippen molar-refractivity contribution in [3.63, 3.8) is 0 Å². The van der Waals surface area contributed by atoms with Crippen molar-refractivity contribution in [1.82, 2.24) is 19.9 Å². The number of hydrogen-bond acceptors (Lipinski definition) is 16. The Balaban J connectivity index is 0.000000178. The molecule has 6 aromatic rings. The number of morpholine rings is 2. The number of alkyl halides is 9.